The molecule has 2 aromatic rings. The summed E-state index contributed by atoms with van der Waals surface area (Å²) in [5.74, 6) is 5.69. The Morgan fingerprint density at radius 1 is 1.19 bits per heavy atom. The third-order valence-corrected chi connectivity index (χ3v) is 5.19. The van der Waals surface area contributed by atoms with Crippen LogP contribution in [0.5, 0.6) is 0 Å². The molecule has 1 saturated heterocycles. The molecule has 0 aromatic carbocycles. The standard InChI is InChI=1S/C23H31N5O3/c1-7-10-16-15-24-21-18(25-16)20(29)19(17(8-2)28(21)9-3)26-11-13-27(14-12-26)22(30)31-23(4,5)6/h15H,8-9,11-14H2,1-6H3. The van der Waals surface area contributed by atoms with Crippen LogP contribution in [0.15, 0.2) is 11.0 Å². The van der Waals surface area contributed by atoms with E-state index in [0.717, 1.165) is 5.69 Å². The summed E-state index contributed by atoms with van der Waals surface area (Å²) in [6.45, 7) is 14.1. The van der Waals surface area contributed by atoms with Crippen molar-refractivity contribution in [2.75, 3.05) is 31.1 Å². The van der Waals surface area contributed by atoms with Crippen molar-refractivity contribution in [3.63, 3.8) is 0 Å². The number of carbonyl (C=O) groups excluding carboxylic acids is 1. The van der Waals surface area contributed by atoms with Crippen LogP contribution >= 0.6 is 0 Å². The molecular weight excluding hydrogens is 394 g/mol. The average molecular weight is 426 g/mol. The molecule has 0 unspecified atom stereocenters. The molecule has 0 radical (unpaired) electrons. The average Bonchev–Trinajstić information content (AvgIpc) is 2.73. The van der Waals surface area contributed by atoms with E-state index in [1.165, 1.54) is 0 Å². The number of hydrogen-bond acceptors (Lipinski definition) is 6. The van der Waals surface area contributed by atoms with E-state index in [1.54, 1.807) is 18.0 Å². The van der Waals surface area contributed by atoms with Gasteiger partial charge < -0.3 is 19.1 Å². The van der Waals surface area contributed by atoms with Gasteiger partial charge in [0.2, 0.25) is 5.43 Å². The lowest BCUT2D eigenvalue weighted by molar-refractivity contribution is 0.0240. The number of aryl methyl sites for hydroxylation is 1. The van der Waals surface area contributed by atoms with Crippen molar-refractivity contribution < 1.29 is 9.53 Å². The second-order valence-electron chi connectivity index (χ2n) is 8.48. The van der Waals surface area contributed by atoms with E-state index in [4.69, 9.17) is 4.74 Å². The Morgan fingerprint density at radius 3 is 2.42 bits per heavy atom. The third kappa shape index (κ3) is 4.66. The number of amides is 1. The molecule has 1 aliphatic heterocycles. The summed E-state index contributed by atoms with van der Waals surface area (Å²) in [5, 5.41) is 0. The highest BCUT2D eigenvalue weighted by Gasteiger charge is 2.29. The lowest BCUT2D eigenvalue weighted by Gasteiger charge is -2.37. The smallest absolute Gasteiger partial charge is 0.410 e. The number of ether oxygens (including phenoxy) is 1. The Hall–Kier alpha value is -3.08. The predicted octanol–water partition coefficient (Wildman–Crippen LogP) is 2.80. The topological polar surface area (TPSA) is 80.6 Å². The number of fused-ring (bicyclic) bond motifs is 1. The summed E-state index contributed by atoms with van der Waals surface area (Å²) >= 11 is 0. The summed E-state index contributed by atoms with van der Waals surface area (Å²) in [4.78, 5) is 38.7. The highest BCUT2D eigenvalue weighted by atomic mass is 16.6. The van der Waals surface area contributed by atoms with Gasteiger partial charge in [0, 0.05) is 38.4 Å². The largest absolute Gasteiger partial charge is 0.444 e. The second kappa shape index (κ2) is 8.96. The first kappa shape index (κ1) is 22.6. The van der Waals surface area contributed by atoms with E-state index in [1.807, 2.05) is 34.6 Å². The number of anilines is 1. The van der Waals surface area contributed by atoms with Gasteiger partial charge in [-0.3, -0.25) is 4.79 Å². The van der Waals surface area contributed by atoms with E-state index >= 15 is 0 Å². The molecule has 0 atom stereocenters. The normalized spacial score (nSPS) is 14.4. The van der Waals surface area contributed by atoms with Crippen molar-refractivity contribution in [3.8, 4) is 11.8 Å². The Balaban J connectivity index is 2.00. The van der Waals surface area contributed by atoms with Gasteiger partial charge in [-0.05, 0) is 47.0 Å². The van der Waals surface area contributed by atoms with Gasteiger partial charge in [-0.15, -0.1) is 0 Å². The van der Waals surface area contributed by atoms with Crippen molar-refractivity contribution in [1.82, 2.24) is 19.4 Å². The Morgan fingerprint density at radius 2 is 1.87 bits per heavy atom. The molecule has 0 aliphatic carbocycles. The van der Waals surface area contributed by atoms with Crippen LogP contribution < -0.4 is 10.3 Å². The molecule has 1 aliphatic rings. The number of pyridine rings is 1. The van der Waals surface area contributed by atoms with Gasteiger partial charge in [0.25, 0.3) is 0 Å². The summed E-state index contributed by atoms with van der Waals surface area (Å²) in [6, 6.07) is 0. The molecule has 3 rings (SSSR count). The Labute approximate surface area is 183 Å². The third-order valence-electron chi connectivity index (χ3n) is 5.19. The second-order valence-corrected chi connectivity index (χ2v) is 8.48. The van der Waals surface area contributed by atoms with Crippen molar-refractivity contribution >= 4 is 22.9 Å². The first-order valence-electron chi connectivity index (χ1n) is 10.8. The number of rotatable bonds is 3. The van der Waals surface area contributed by atoms with Gasteiger partial charge in [0.1, 0.15) is 17.0 Å². The quantitative estimate of drug-likeness (QED) is 0.704. The Bertz CT molecular complexity index is 1100. The molecule has 0 N–H and O–H groups in total. The number of hydrogen-bond donors (Lipinski definition) is 0. The predicted molar refractivity (Wildman–Crippen MR) is 121 cm³/mol. The van der Waals surface area contributed by atoms with Crippen LogP contribution in [0.25, 0.3) is 11.2 Å². The van der Waals surface area contributed by atoms with Crippen molar-refractivity contribution in [3.05, 3.63) is 27.8 Å². The molecule has 166 valence electrons. The zero-order valence-corrected chi connectivity index (χ0v) is 19.3. The summed E-state index contributed by atoms with van der Waals surface area (Å²) < 4.78 is 7.55. The molecule has 1 fully saturated rings. The van der Waals surface area contributed by atoms with Gasteiger partial charge in [0.05, 0.1) is 6.20 Å². The first-order valence-corrected chi connectivity index (χ1v) is 10.8. The monoisotopic (exact) mass is 425 g/mol. The fraction of sp³-hybridized carbons (Fsp3) is 0.565. The van der Waals surface area contributed by atoms with E-state index in [2.05, 4.69) is 31.3 Å². The molecule has 3 heterocycles. The maximum absolute atomic E-state index is 13.5. The number of nitrogens with zero attached hydrogens (tertiary/aromatic N) is 5. The van der Waals surface area contributed by atoms with Gasteiger partial charge in [0.15, 0.2) is 11.2 Å². The van der Waals surface area contributed by atoms with Crippen LogP contribution in [-0.2, 0) is 17.7 Å². The van der Waals surface area contributed by atoms with Gasteiger partial charge in [-0.1, -0.05) is 12.8 Å². The van der Waals surface area contributed by atoms with Crippen LogP contribution in [0.4, 0.5) is 10.5 Å². The maximum atomic E-state index is 13.5. The fourth-order valence-corrected chi connectivity index (χ4v) is 3.88. The lowest BCUT2D eigenvalue weighted by Crippen LogP contribution is -2.51. The minimum Gasteiger partial charge on any atom is -0.444 e. The zero-order chi connectivity index (χ0) is 22.8. The fourth-order valence-electron chi connectivity index (χ4n) is 3.88. The van der Waals surface area contributed by atoms with Crippen molar-refractivity contribution in [2.45, 2.75) is 60.1 Å². The van der Waals surface area contributed by atoms with Crippen LogP contribution in [0.3, 0.4) is 0 Å². The summed E-state index contributed by atoms with van der Waals surface area (Å²) in [6.07, 6.45) is 1.99. The van der Waals surface area contributed by atoms with Gasteiger partial charge in [-0.25, -0.2) is 14.8 Å². The van der Waals surface area contributed by atoms with E-state index in [-0.39, 0.29) is 11.5 Å². The minimum absolute atomic E-state index is 0.130. The molecular formula is C23H31N5O3. The molecule has 2 aromatic heterocycles. The molecule has 8 heteroatoms. The molecule has 0 bridgehead atoms. The SMILES string of the molecule is CC#Cc1cnc2c(n1)c(=O)c(N1CCN(C(=O)OC(C)(C)C)CC1)c(CC)n2CC. The summed E-state index contributed by atoms with van der Waals surface area (Å²) in [7, 11) is 0. The first-order chi connectivity index (χ1) is 14.7. The van der Waals surface area contributed by atoms with Crippen molar-refractivity contribution in [2.24, 2.45) is 0 Å². The van der Waals surface area contributed by atoms with Gasteiger partial charge >= 0.3 is 6.09 Å². The molecule has 0 spiro atoms. The van der Waals surface area contributed by atoms with Gasteiger partial charge in [-0.2, -0.15) is 0 Å². The number of aromatic nitrogens is 3. The summed E-state index contributed by atoms with van der Waals surface area (Å²) in [5.41, 5.74) is 2.33. The van der Waals surface area contributed by atoms with E-state index in [0.29, 0.717) is 61.7 Å². The minimum atomic E-state index is -0.533. The number of piperazine rings is 1. The van der Waals surface area contributed by atoms with Crippen LogP contribution in [0, 0.1) is 11.8 Å². The van der Waals surface area contributed by atoms with Crippen LogP contribution in [0.1, 0.15) is 52.9 Å². The Kier molecular flexibility index (Phi) is 6.54. The van der Waals surface area contributed by atoms with Crippen molar-refractivity contribution in [1.29, 1.82) is 0 Å². The molecule has 1 amide bonds. The zero-order valence-electron chi connectivity index (χ0n) is 19.3. The van der Waals surface area contributed by atoms with E-state index < -0.39 is 5.60 Å². The lowest BCUT2D eigenvalue weighted by atomic mass is 10.1. The van der Waals surface area contributed by atoms with Crippen LogP contribution in [-0.4, -0.2) is 57.3 Å². The van der Waals surface area contributed by atoms with E-state index in [9.17, 15) is 9.59 Å². The number of carbonyl (C=O) groups is 1. The maximum Gasteiger partial charge on any atom is 0.410 e. The van der Waals surface area contributed by atoms with Crippen LogP contribution in [0.2, 0.25) is 0 Å². The molecule has 31 heavy (non-hydrogen) atoms. The highest BCUT2D eigenvalue weighted by Crippen LogP contribution is 2.23. The molecule has 0 saturated carbocycles. The highest BCUT2D eigenvalue weighted by molar-refractivity contribution is 5.77. The molecule has 8 nitrogen and oxygen atoms in total.